The van der Waals surface area contributed by atoms with Crippen molar-refractivity contribution in [3.05, 3.63) is 29.8 Å². The average molecular weight is 233 g/mol. The van der Waals surface area contributed by atoms with E-state index >= 15 is 0 Å². The van der Waals surface area contributed by atoms with Crippen LogP contribution in [0.1, 0.15) is 23.2 Å². The molecular weight excluding hydrogens is 218 g/mol. The first kappa shape index (κ1) is 11.6. The third-order valence-electron chi connectivity index (χ3n) is 3.06. The van der Waals surface area contributed by atoms with Gasteiger partial charge in [-0.25, -0.2) is 4.79 Å². The van der Waals surface area contributed by atoms with Crippen molar-refractivity contribution in [2.75, 3.05) is 18.6 Å². The van der Waals surface area contributed by atoms with Crippen LogP contribution in [0.5, 0.6) is 0 Å². The molecule has 4 nitrogen and oxygen atoms in total. The van der Waals surface area contributed by atoms with Crippen molar-refractivity contribution >= 4 is 17.9 Å². The van der Waals surface area contributed by atoms with E-state index in [1.807, 2.05) is 17.0 Å². The molecule has 0 bridgehead atoms. The number of esters is 1. The third kappa shape index (κ3) is 2.30. The summed E-state index contributed by atoms with van der Waals surface area (Å²) in [5.74, 6) is -0.209. The molecule has 1 aromatic carbocycles. The van der Waals surface area contributed by atoms with E-state index in [0.29, 0.717) is 5.56 Å². The second-order valence-electron chi connectivity index (χ2n) is 4.09. The van der Waals surface area contributed by atoms with Gasteiger partial charge in [0.2, 0.25) is 0 Å². The quantitative estimate of drug-likeness (QED) is 0.588. The van der Waals surface area contributed by atoms with Gasteiger partial charge in [-0.1, -0.05) is 12.1 Å². The first-order chi connectivity index (χ1) is 8.26. The molecule has 1 fully saturated rings. The van der Waals surface area contributed by atoms with Crippen LogP contribution in [0.2, 0.25) is 0 Å². The summed E-state index contributed by atoms with van der Waals surface area (Å²) in [6.07, 6.45) is 2.58. The number of ether oxygens (including phenoxy) is 1. The van der Waals surface area contributed by atoms with Crippen molar-refractivity contribution in [3.8, 4) is 0 Å². The molecule has 0 aromatic heterocycles. The highest BCUT2D eigenvalue weighted by molar-refractivity contribution is 5.82. The maximum absolute atomic E-state index is 11.6. The third-order valence-corrected chi connectivity index (χ3v) is 3.06. The van der Waals surface area contributed by atoms with Crippen LogP contribution in [0.3, 0.4) is 0 Å². The lowest BCUT2D eigenvalue weighted by Gasteiger charge is -2.24. The second-order valence-corrected chi connectivity index (χ2v) is 4.09. The SMILES string of the molecule is COC(=O)[C@H]1CCCN1c1cccc(C=O)c1. The fourth-order valence-electron chi connectivity index (χ4n) is 2.23. The van der Waals surface area contributed by atoms with Gasteiger partial charge >= 0.3 is 5.97 Å². The minimum absolute atomic E-state index is 0.209. The highest BCUT2D eigenvalue weighted by atomic mass is 16.5. The molecule has 0 radical (unpaired) electrons. The summed E-state index contributed by atoms with van der Waals surface area (Å²) in [4.78, 5) is 24.4. The average Bonchev–Trinajstić information content (AvgIpc) is 2.87. The van der Waals surface area contributed by atoms with E-state index in [4.69, 9.17) is 4.74 Å². The van der Waals surface area contributed by atoms with Crippen molar-refractivity contribution in [1.82, 2.24) is 0 Å². The lowest BCUT2D eigenvalue weighted by molar-refractivity contribution is -0.141. The second kappa shape index (κ2) is 4.99. The summed E-state index contributed by atoms with van der Waals surface area (Å²) in [5, 5.41) is 0. The van der Waals surface area contributed by atoms with Gasteiger partial charge in [-0.2, -0.15) is 0 Å². The zero-order chi connectivity index (χ0) is 12.3. The van der Waals surface area contributed by atoms with Crippen LogP contribution in [0.15, 0.2) is 24.3 Å². The molecule has 1 heterocycles. The van der Waals surface area contributed by atoms with Crippen LogP contribution < -0.4 is 4.90 Å². The van der Waals surface area contributed by atoms with Crippen molar-refractivity contribution in [2.45, 2.75) is 18.9 Å². The van der Waals surface area contributed by atoms with Gasteiger partial charge in [0.1, 0.15) is 12.3 Å². The van der Waals surface area contributed by atoms with Crippen LogP contribution >= 0.6 is 0 Å². The first-order valence-electron chi connectivity index (χ1n) is 5.66. The van der Waals surface area contributed by atoms with Gasteiger partial charge in [-0.05, 0) is 25.0 Å². The van der Waals surface area contributed by atoms with E-state index in [2.05, 4.69) is 0 Å². The number of nitrogens with zero attached hydrogens (tertiary/aromatic N) is 1. The Kier molecular flexibility index (Phi) is 3.42. The van der Waals surface area contributed by atoms with E-state index in [1.165, 1.54) is 7.11 Å². The van der Waals surface area contributed by atoms with Gasteiger partial charge in [0.25, 0.3) is 0 Å². The summed E-state index contributed by atoms with van der Waals surface area (Å²) < 4.78 is 4.79. The Morgan fingerprint density at radius 3 is 3.06 bits per heavy atom. The molecule has 0 N–H and O–H groups in total. The molecule has 1 saturated heterocycles. The monoisotopic (exact) mass is 233 g/mol. The van der Waals surface area contributed by atoms with Crippen LogP contribution in [0.4, 0.5) is 5.69 Å². The van der Waals surface area contributed by atoms with Gasteiger partial charge in [-0.3, -0.25) is 4.79 Å². The van der Waals surface area contributed by atoms with Crippen molar-refractivity contribution in [1.29, 1.82) is 0 Å². The first-order valence-corrected chi connectivity index (χ1v) is 5.66. The van der Waals surface area contributed by atoms with E-state index in [0.717, 1.165) is 31.4 Å². The Balaban J connectivity index is 2.25. The Morgan fingerprint density at radius 1 is 1.53 bits per heavy atom. The minimum Gasteiger partial charge on any atom is -0.467 e. The molecule has 0 amide bonds. The Morgan fingerprint density at radius 2 is 2.35 bits per heavy atom. The Hall–Kier alpha value is -1.84. The van der Waals surface area contributed by atoms with Gasteiger partial charge in [-0.15, -0.1) is 0 Å². The van der Waals surface area contributed by atoms with Crippen LogP contribution in [-0.2, 0) is 9.53 Å². The number of benzene rings is 1. The van der Waals surface area contributed by atoms with Crippen LogP contribution in [0.25, 0.3) is 0 Å². The van der Waals surface area contributed by atoms with Crippen molar-refractivity contribution < 1.29 is 14.3 Å². The van der Waals surface area contributed by atoms with Gasteiger partial charge in [0, 0.05) is 17.8 Å². The lowest BCUT2D eigenvalue weighted by Crippen LogP contribution is -2.36. The highest BCUT2D eigenvalue weighted by Crippen LogP contribution is 2.26. The van der Waals surface area contributed by atoms with E-state index in [9.17, 15) is 9.59 Å². The molecule has 0 unspecified atom stereocenters. The molecule has 2 rings (SSSR count). The predicted molar refractivity (Wildman–Crippen MR) is 64.2 cm³/mol. The number of hydrogen-bond donors (Lipinski definition) is 0. The number of rotatable bonds is 3. The normalized spacial score (nSPS) is 19.1. The predicted octanol–water partition coefficient (Wildman–Crippen LogP) is 1.64. The summed E-state index contributed by atoms with van der Waals surface area (Å²) >= 11 is 0. The Bertz CT molecular complexity index is 430. The van der Waals surface area contributed by atoms with Gasteiger partial charge in [0.05, 0.1) is 7.11 Å². The number of anilines is 1. The number of carbonyl (C=O) groups excluding carboxylic acids is 2. The molecule has 0 spiro atoms. The zero-order valence-corrected chi connectivity index (χ0v) is 9.76. The molecular formula is C13H15NO3. The smallest absolute Gasteiger partial charge is 0.328 e. The van der Waals surface area contributed by atoms with Gasteiger partial charge in [0.15, 0.2) is 0 Å². The fraction of sp³-hybridized carbons (Fsp3) is 0.385. The lowest BCUT2D eigenvalue weighted by atomic mass is 10.1. The summed E-state index contributed by atoms with van der Waals surface area (Å²) in [7, 11) is 1.40. The van der Waals surface area contributed by atoms with Crippen LogP contribution in [-0.4, -0.2) is 32.0 Å². The molecule has 90 valence electrons. The van der Waals surface area contributed by atoms with Gasteiger partial charge < -0.3 is 9.64 Å². The Labute approximate surface area is 100 Å². The van der Waals surface area contributed by atoms with Crippen molar-refractivity contribution in [2.24, 2.45) is 0 Å². The molecule has 1 aliphatic heterocycles. The van der Waals surface area contributed by atoms with Crippen molar-refractivity contribution in [3.63, 3.8) is 0 Å². The summed E-state index contributed by atoms with van der Waals surface area (Å²) in [5.41, 5.74) is 1.53. The number of aldehydes is 1. The van der Waals surface area contributed by atoms with E-state index in [-0.39, 0.29) is 12.0 Å². The fourth-order valence-corrected chi connectivity index (χ4v) is 2.23. The molecule has 17 heavy (non-hydrogen) atoms. The molecule has 1 atom stereocenters. The highest BCUT2D eigenvalue weighted by Gasteiger charge is 2.31. The standard InChI is InChI=1S/C13H15NO3/c1-17-13(16)12-6-3-7-14(12)11-5-2-4-10(8-11)9-15/h2,4-5,8-9,12H,3,6-7H2,1H3/t12-/m1/s1. The molecule has 1 aliphatic rings. The minimum atomic E-state index is -0.220. The molecule has 4 heteroatoms. The maximum Gasteiger partial charge on any atom is 0.328 e. The summed E-state index contributed by atoms with van der Waals surface area (Å²) in [6.45, 7) is 0.822. The molecule has 0 saturated carbocycles. The summed E-state index contributed by atoms with van der Waals surface area (Å²) in [6, 6.07) is 7.07. The largest absolute Gasteiger partial charge is 0.467 e. The zero-order valence-electron chi connectivity index (χ0n) is 9.76. The molecule has 0 aliphatic carbocycles. The number of methoxy groups -OCH3 is 1. The van der Waals surface area contributed by atoms with E-state index in [1.54, 1.807) is 12.1 Å². The van der Waals surface area contributed by atoms with E-state index < -0.39 is 0 Å². The topological polar surface area (TPSA) is 46.6 Å². The maximum atomic E-state index is 11.6. The number of hydrogen-bond acceptors (Lipinski definition) is 4. The van der Waals surface area contributed by atoms with Crippen LogP contribution in [0, 0.1) is 0 Å². The number of carbonyl (C=O) groups is 2. The molecule has 1 aromatic rings.